The predicted molar refractivity (Wildman–Crippen MR) is 236 cm³/mol. The average molecular weight is 742 g/mol. The number of rotatable bonds is 5. The van der Waals surface area contributed by atoms with Gasteiger partial charge < -0.3 is 0 Å². The Hall–Kier alpha value is -7.23. The molecule has 3 heteroatoms. The minimum absolute atomic E-state index is 0.194. The van der Waals surface area contributed by atoms with Crippen molar-refractivity contribution < 1.29 is 0 Å². The van der Waals surface area contributed by atoms with Crippen molar-refractivity contribution in [3.63, 3.8) is 0 Å². The van der Waals surface area contributed by atoms with Crippen molar-refractivity contribution in [2.24, 2.45) is 0 Å². The molecule has 1 aromatic heterocycles. The van der Waals surface area contributed by atoms with E-state index in [0.29, 0.717) is 17.5 Å². The summed E-state index contributed by atoms with van der Waals surface area (Å²) < 4.78 is 0. The van der Waals surface area contributed by atoms with Gasteiger partial charge in [0.15, 0.2) is 17.5 Å². The normalized spacial score (nSPS) is 14.0. The molecule has 9 aromatic rings. The molecule has 2 aliphatic carbocycles. The van der Waals surface area contributed by atoms with Crippen molar-refractivity contribution >= 4 is 0 Å². The Balaban J connectivity index is 1.23. The van der Waals surface area contributed by atoms with Crippen LogP contribution in [0.25, 0.3) is 67.5 Å². The number of benzene rings is 8. The summed E-state index contributed by atoms with van der Waals surface area (Å²) in [5, 5.41) is 0. The molecule has 0 saturated carbocycles. The molecule has 1 spiro atoms. The van der Waals surface area contributed by atoms with E-state index in [-0.39, 0.29) is 5.41 Å². The summed E-state index contributed by atoms with van der Waals surface area (Å²) in [6, 6.07) is 72.1. The van der Waals surface area contributed by atoms with Gasteiger partial charge in [0, 0.05) is 22.1 Å². The zero-order valence-corrected chi connectivity index (χ0v) is 32.4. The van der Waals surface area contributed by atoms with E-state index in [1.807, 2.05) is 36.4 Å². The first kappa shape index (κ1) is 34.1. The minimum atomic E-state index is -0.564. The lowest BCUT2D eigenvalue weighted by Gasteiger charge is -2.46. The first-order chi connectivity index (χ1) is 28.5. The first-order valence-corrected chi connectivity index (χ1v) is 20.0. The Kier molecular flexibility index (Phi) is 7.74. The fraction of sp³-hybridized carbons (Fsp3) is 0.0727. The monoisotopic (exact) mass is 741 g/mol. The summed E-state index contributed by atoms with van der Waals surface area (Å²) >= 11 is 0. The molecule has 274 valence electrons. The summed E-state index contributed by atoms with van der Waals surface area (Å²) in [5.74, 6) is 1.95. The van der Waals surface area contributed by atoms with Gasteiger partial charge in [0.05, 0.1) is 5.41 Å². The highest BCUT2D eigenvalue weighted by molar-refractivity contribution is 5.97. The van der Waals surface area contributed by atoms with Crippen LogP contribution in [0.3, 0.4) is 0 Å². The van der Waals surface area contributed by atoms with Gasteiger partial charge in [-0.15, -0.1) is 0 Å². The van der Waals surface area contributed by atoms with Gasteiger partial charge >= 0.3 is 0 Å². The summed E-state index contributed by atoms with van der Waals surface area (Å²) in [6.45, 7) is 4.74. The van der Waals surface area contributed by atoms with Gasteiger partial charge in [0.2, 0.25) is 0 Å². The average Bonchev–Trinajstić information content (AvgIpc) is 3.59. The van der Waals surface area contributed by atoms with Crippen molar-refractivity contribution in [1.82, 2.24) is 15.0 Å². The summed E-state index contributed by atoms with van der Waals surface area (Å²) in [5.41, 5.74) is 17.1. The van der Waals surface area contributed by atoms with Gasteiger partial charge in [-0.2, -0.15) is 0 Å². The van der Waals surface area contributed by atoms with Crippen molar-refractivity contribution in [1.29, 1.82) is 0 Å². The third-order valence-corrected chi connectivity index (χ3v) is 12.4. The van der Waals surface area contributed by atoms with Crippen LogP contribution in [0.5, 0.6) is 0 Å². The highest BCUT2D eigenvalue weighted by Gasteiger charge is 2.53. The third kappa shape index (κ3) is 5.10. The Morgan fingerprint density at radius 3 is 1.31 bits per heavy atom. The lowest BCUT2D eigenvalue weighted by atomic mass is 9.55. The van der Waals surface area contributed by atoms with Crippen LogP contribution in [0.4, 0.5) is 0 Å². The van der Waals surface area contributed by atoms with E-state index >= 15 is 0 Å². The van der Waals surface area contributed by atoms with Gasteiger partial charge in [0.25, 0.3) is 0 Å². The molecule has 0 radical (unpaired) electrons. The molecule has 58 heavy (non-hydrogen) atoms. The van der Waals surface area contributed by atoms with E-state index in [1.54, 1.807) is 0 Å². The maximum Gasteiger partial charge on any atom is 0.164 e. The van der Waals surface area contributed by atoms with Crippen molar-refractivity contribution in [3.8, 4) is 67.5 Å². The molecule has 0 fully saturated rings. The molecule has 0 unspecified atom stereocenters. The Morgan fingerprint density at radius 1 is 0.293 bits per heavy atom. The lowest BCUT2D eigenvalue weighted by Crippen LogP contribution is -2.40. The maximum absolute atomic E-state index is 5.30. The first-order valence-electron chi connectivity index (χ1n) is 20.0. The second-order valence-corrected chi connectivity index (χ2v) is 15.9. The molecule has 8 aromatic carbocycles. The number of nitrogens with zero attached hydrogens (tertiary/aromatic N) is 3. The summed E-state index contributed by atoms with van der Waals surface area (Å²) in [6.07, 6.45) is 0. The highest BCUT2D eigenvalue weighted by Crippen LogP contribution is 2.63. The van der Waals surface area contributed by atoms with Gasteiger partial charge in [0.1, 0.15) is 0 Å². The van der Waals surface area contributed by atoms with E-state index in [1.165, 1.54) is 55.6 Å². The predicted octanol–water partition coefficient (Wildman–Crippen LogP) is 13.2. The third-order valence-electron chi connectivity index (χ3n) is 12.4. The number of fused-ring (bicyclic) bond motifs is 9. The summed E-state index contributed by atoms with van der Waals surface area (Å²) in [4.78, 5) is 15.7. The lowest BCUT2D eigenvalue weighted by molar-refractivity contribution is 0.563. The number of hydrogen-bond donors (Lipinski definition) is 0. The van der Waals surface area contributed by atoms with Crippen LogP contribution in [0.1, 0.15) is 47.2 Å². The van der Waals surface area contributed by atoms with Gasteiger partial charge in [-0.25, -0.2) is 15.0 Å². The Morgan fingerprint density at radius 2 is 0.724 bits per heavy atom. The molecule has 0 atom stereocenters. The summed E-state index contributed by atoms with van der Waals surface area (Å²) in [7, 11) is 0. The van der Waals surface area contributed by atoms with Crippen LogP contribution in [0.2, 0.25) is 0 Å². The molecule has 11 rings (SSSR count). The van der Waals surface area contributed by atoms with Crippen LogP contribution in [0, 0.1) is 0 Å². The molecular formula is C55H39N3. The topological polar surface area (TPSA) is 38.7 Å². The zero-order chi connectivity index (χ0) is 38.8. The van der Waals surface area contributed by atoms with E-state index in [2.05, 4.69) is 178 Å². The molecule has 0 amide bonds. The molecular weight excluding hydrogens is 703 g/mol. The molecule has 3 nitrogen and oxygen atoms in total. The minimum Gasteiger partial charge on any atom is -0.208 e. The zero-order valence-electron chi connectivity index (χ0n) is 32.4. The highest BCUT2D eigenvalue weighted by atomic mass is 15.0. The van der Waals surface area contributed by atoms with Gasteiger partial charge in [-0.05, 0) is 78.9 Å². The van der Waals surface area contributed by atoms with Crippen LogP contribution >= 0.6 is 0 Å². The van der Waals surface area contributed by atoms with E-state index in [0.717, 1.165) is 27.8 Å². The van der Waals surface area contributed by atoms with Crippen molar-refractivity contribution in [2.75, 3.05) is 0 Å². The van der Waals surface area contributed by atoms with Gasteiger partial charge in [-0.3, -0.25) is 0 Å². The van der Waals surface area contributed by atoms with E-state index in [4.69, 9.17) is 15.0 Å². The van der Waals surface area contributed by atoms with Crippen LogP contribution in [-0.2, 0) is 10.8 Å². The number of aromatic nitrogens is 3. The maximum atomic E-state index is 5.30. The molecule has 0 saturated heterocycles. The van der Waals surface area contributed by atoms with Crippen LogP contribution < -0.4 is 0 Å². The fourth-order valence-electron chi connectivity index (χ4n) is 9.76. The molecule has 0 bridgehead atoms. The quantitative estimate of drug-likeness (QED) is 0.176. The standard InChI is InChI=1S/C55H39N3/c1-54(2)45-27-12-14-29-47(45)55(48-30-15-13-28-46(48)54)44-33-32-41(40-25-16-24-39(34-40)36-18-6-3-7-19-36)35-43(44)50-42(26-17-31-49(50)55)53-57-51(37-20-8-4-9-21-37)56-52(58-53)38-22-10-5-11-23-38/h3-35H,1-2H3. The molecule has 1 heterocycles. The van der Waals surface area contributed by atoms with Crippen molar-refractivity contribution in [2.45, 2.75) is 24.7 Å². The SMILES string of the molecule is CC1(C)c2ccccc2C2(c3ccc(-c4cccc(-c5ccccc5)c4)cc3-c3c(-c4nc(-c5ccccc5)nc(-c5ccccc5)n4)cccc32)c2ccccc21. The molecule has 2 aliphatic rings. The van der Waals surface area contributed by atoms with Crippen molar-refractivity contribution in [3.05, 3.63) is 234 Å². The van der Waals surface area contributed by atoms with E-state index in [9.17, 15) is 0 Å². The molecule has 0 aliphatic heterocycles. The Labute approximate surface area is 339 Å². The number of hydrogen-bond acceptors (Lipinski definition) is 3. The van der Waals surface area contributed by atoms with Crippen LogP contribution in [0.15, 0.2) is 200 Å². The Bertz CT molecular complexity index is 2910. The smallest absolute Gasteiger partial charge is 0.164 e. The fourth-order valence-corrected chi connectivity index (χ4v) is 9.76. The second-order valence-electron chi connectivity index (χ2n) is 15.9. The second kappa shape index (κ2) is 13.2. The van der Waals surface area contributed by atoms with Crippen LogP contribution in [-0.4, -0.2) is 15.0 Å². The van der Waals surface area contributed by atoms with Gasteiger partial charge in [-0.1, -0.05) is 202 Å². The molecule has 0 N–H and O–H groups in total. The largest absolute Gasteiger partial charge is 0.208 e. The van der Waals surface area contributed by atoms with E-state index < -0.39 is 5.41 Å².